The van der Waals surface area contributed by atoms with Crippen LogP contribution in [0.1, 0.15) is 34.6 Å². The molecule has 0 atom stereocenters. The molecule has 1 aromatic heterocycles. The van der Waals surface area contributed by atoms with Crippen LogP contribution < -0.4 is 5.43 Å². The minimum Gasteiger partial charge on any atom is -0.508 e. The summed E-state index contributed by atoms with van der Waals surface area (Å²) in [5, 5.41) is 20.9. The van der Waals surface area contributed by atoms with Crippen molar-refractivity contribution < 1.29 is 14.5 Å². The largest absolute Gasteiger partial charge is 0.508 e. The summed E-state index contributed by atoms with van der Waals surface area (Å²) in [6.07, 6.45) is 2.43. The van der Waals surface area contributed by atoms with Crippen molar-refractivity contribution in [1.29, 1.82) is 0 Å². The number of hydrazone groups is 1. The number of carbonyl (C=O) groups excluding carboxylic acids is 1. The Morgan fingerprint density at radius 3 is 2.85 bits per heavy atom. The van der Waals surface area contributed by atoms with Crippen LogP contribution in [0.3, 0.4) is 0 Å². The Morgan fingerprint density at radius 1 is 1.25 bits per heavy atom. The molecule has 0 aliphatic heterocycles. The number of carbonyl (C=O) groups is 1. The lowest BCUT2D eigenvalue weighted by Crippen LogP contribution is -2.22. The third-order valence-electron chi connectivity index (χ3n) is 3.08. The van der Waals surface area contributed by atoms with Crippen LogP contribution in [0.5, 0.6) is 5.75 Å². The molecular formula is C13H12N4O3. The van der Waals surface area contributed by atoms with E-state index in [4.69, 9.17) is 0 Å². The van der Waals surface area contributed by atoms with Crippen LogP contribution >= 0.6 is 0 Å². The third kappa shape index (κ3) is 2.37. The smallest absolute Gasteiger partial charge is 0.271 e. The minimum atomic E-state index is -0.346. The lowest BCUT2D eigenvalue weighted by molar-refractivity contribution is 0.0954. The Kier molecular flexibility index (Phi) is 3.16. The Balaban J connectivity index is 1.75. The van der Waals surface area contributed by atoms with Gasteiger partial charge in [0.25, 0.3) is 5.91 Å². The van der Waals surface area contributed by atoms with E-state index >= 15 is 0 Å². The highest BCUT2D eigenvalue weighted by Gasteiger charge is 2.21. The van der Waals surface area contributed by atoms with Crippen molar-refractivity contribution in [2.24, 2.45) is 5.10 Å². The van der Waals surface area contributed by atoms with Crippen molar-refractivity contribution in [3.05, 3.63) is 41.2 Å². The molecule has 0 unspecified atom stereocenters. The van der Waals surface area contributed by atoms with E-state index in [1.807, 2.05) is 0 Å². The number of aromatic hydroxyl groups is 1. The number of fused-ring (bicyclic) bond motifs is 1. The fourth-order valence-corrected chi connectivity index (χ4v) is 2.04. The number of hydrogen-bond donors (Lipinski definition) is 2. The predicted octanol–water partition coefficient (Wildman–Crippen LogP) is 1.25. The summed E-state index contributed by atoms with van der Waals surface area (Å²) >= 11 is 0. The number of phenols is 1. The highest BCUT2D eigenvalue weighted by molar-refractivity contribution is 6.02. The van der Waals surface area contributed by atoms with E-state index in [9.17, 15) is 9.90 Å². The summed E-state index contributed by atoms with van der Waals surface area (Å²) in [6.45, 7) is 0. The Labute approximate surface area is 114 Å². The van der Waals surface area contributed by atoms with Gasteiger partial charge in [-0.1, -0.05) is 5.16 Å². The summed E-state index contributed by atoms with van der Waals surface area (Å²) in [6, 6.07) is 5.94. The molecule has 0 saturated carbocycles. The number of amides is 1. The molecule has 1 heterocycles. The van der Waals surface area contributed by atoms with E-state index in [1.165, 1.54) is 24.3 Å². The summed E-state index contributed by atoms with van der Waals surface area (Å²) in [5.74, 6) is -0.237. The van der Waals surface area contributed by atoms with Gasteiger partial charge in [-0.2, -0.15) is 5.10 Å². The maximum Gasteiger partial charge on any atom is 0.271 e. The van der Waals surface area contributed by atoms with Crippen molar-refractivity contribution in [1.82, 2.24) is 15.7 Å². The van der Waals surface area contributed by atoms with Crippen LogP contribution in [0, 0.1) is 0 Å². The zero-order valence-electron chi connectivity index (χ0n) is 10.5. The van der Waals surface area contributed by atoms with Crippen molar-refractivity contribution in [3.63, 3.8) is 0 Å². The van der Waals surface area contributed by atoms with E-state index in [0.717, 1.165) is 25.0 Å². The quantitative estimate of drug-likeness (QED) is 0.801. The maximum atomic E-state index is 11.9. The van der Waals surface area contributed by atoms with Crippen molar-refractivity contribution in [2.45, 2.75) is 19.3 Å². The lowest BCUT2D eigenvalue weighted by Gasteiger charge is -2.09. The Hall–Kier alpha value is -2.70. The lowest BCUT2D eigenvalue weighted by atomic mass is 9.99. The van der Waals surface area contributed by atoms with Gasteiger partial charge in [-0.05, 0) is 48.7 Å². The van der Waals surface area contributed by atoms with Gasteiger partial charge >= 0.3 is 0 Å². The summed E-state index contributed by atoms with van der Waals surface area (Å²) in [7, 11) is 0. The van der Waals surface area contributed by atoms with Crippen LogP contribution in [-0.2, 0) is 6.42 Å². The molecule has 1 aliphatic rings. The molecule has 7 nitrogen and oxygen atoms in total. The minimum absolute atomic E-state index is 0.110. The first-order valence-electron chi connectivity index (χ1n) is 6.22. The number of nitrogens with zero attached hydrogens (tertiary/aromatic N) is 3. The maximum absolute atomic E-state index is 11.9. The molecule has 7 heteroatoms. The average Bonchev–Trinajstić information content (AvgIpc) is 2.94. The number of rotatable bonds is 2. The van der Waals surface area contributed by atoms with E-state index in [2.05, 4.69) is 25.5 Å². The van der Waals surface area contributed by atoms with E-state index in [-0.39, 0.29) is 11.7 Å². The first kappa shape index (κ1) is 12.3. The van der Waals surface area contributed by atoms with Gasteiger partial charge < -0.3 is 5.11 Å². The molecular weight excluding hydrogens is 260 g/mol. The van der Waals surface area contributed by atoms with E-state index in [0.29, 0.717) is 17.0 Å². The van der Waals surface area contributed by atoms with E-state index < -0.39 is 0 Å². The molecule has 0 fully saturated rings. The number of benzene rings is 1. The SMILES string of the molecule is O=C(N/N=C1/CCCc2nonc21)c1ccc(O)cc1. The number of hydrogen-bond acceptors (Lipinski definition) is 6. The molecule has 1 amide bonds. The molecule has 1 aliphatic carbocycles. The first-order chi connectivity index (χ1) is 9.74. The summed E-state index contributed by atoms with van der Waals surface area (Å²) < 4.78 is 4.68. The molecule has 1 aromatic carbocycles. The van der Waals surface area contributed by atoms with Crippen LogP contribution in [-0.4, -0.2) is 27.0 Å². The molecule has 102 valence electrons. The summed E-state index contributed by atoms with van der Waals surface area (Å²) in [5.41, 5.74) is 4.95. The molecule has 2 aromatic rings. The molecule has 3 rings (SSSR count). The zero-order chi connectivity index (χ0) is 13.9. The zero-order valence-corrected chi connectivity index (χ0v) is 10.5. The second kappa shape index (κ2) is 5.12. The number of aromatic nitrogens is 2. The van der Waals surface area contributed by atoms with Gasteiger partial charge in [-0.15, -0.1) is 0 Å². The van der Waals surface area contributed by atoms with Gasteiger partial charge in [0.05, 0.1) is 5.71 Å². The number of phenolic OH excluding ortho intramolecular Hbond substituents is 1. The summed E-state index contributed by atoms with van der Waals surface area (Å²) in [4.78, 5) is 11.9. The second-order valence-corrected chi connectivity index (χ2v) is 4.46. The van der Waals surface area contributed by atoms with Crippen LogP contribution in [0.15, 0.2) is 34.0 Å². The molecule has 2 N–H and O–H groups in total. The van der Waals surface area contributed by atoms with Gasteiger partial charge in [0.2, 0.25) is 0 Å². The predicted molar refractivity (Wildman–Crippen MR) is 69.3 cm³/mol. The molecule has 20 heavy (non-hydrogen) atoms. The average molecular weight is 272 g/mol. The van der Waals surface area contributed by atoms with Crippen LogP contribution in [0.4, 0.5) is 0 Å². The van der Waals surface area contributed by atoms with Crippen LogP contribution in [0.25, 0.3) is 0 Å². The van der Waals surface area contributed by atoms with Gasteiger partial charge in [-0.3, -0.25) is 4.79 Å². The third-order valence-corrected chi connectivity index (χ3v) is 3.08. The topological polar surface area (TPSA) is 101 Å². The molecule has 0 saturated heterocycles. The number of aryl methyl sites for hydroxylation is 1. The van der Waals surface area contributed by atoms with Gasteiger partial charge in [-0.25, -0.2) is 10.1 Å². The highest BCUT2D eigenvalue weighted by Crippen LogP contribution is 2.17. The van der Waals surface area contributed by atoms with Gasteiger partial charge in [0, 0.05) is 5.56 Å². The fraction of sp³-hybridized carbons (Fsp3) is 0.231. The molecule has 0 radical (unpaired) electrons. The van der Waals surface area contributed by atoms with Crippen molar-refractivity contribution in [2.75, 3.05) is 0 Å². The second-order valence-electron chi connectivity index (χ2n) is 4.46. The normalized spacial score (nSPS) is 15.9. The Bertz CT molecular complexity index is 661. The molecule has 0 bridgehead atoms. The monoisotopic (exact) mass is 272 g/mol. The Morgan fingerprint density at radius 2 is 2.05 bits per heavy atom. The first-order valence-corrected chi connectivity index (χ1v) is 6.22. The van der Waals surface area contributed by atoms with Gasteiger partial charge in [0.15, 0.2) is 5.69 Å². The standard InChI is InChI=1S/C13H12N4O3/c18-9-6-4-8(5-7-9)13(19)15-14-10-2-1-3-11-12(10)17-20-16-11/h4-7,18H,1-3H2,(H,15,19)/b14-10-. The van der Waals surface area contributed by atoms with Crippen molar-refractivity contribution >= 4 is 11.6 Å². The highest BCUT2D eigenvalue weighted by atomic mass is 16.6. The fourth-order valence-electron chi connectivity index (χ4n) is 2.04. The molecule has 0 spiro atoms. The van der Waals surface area contributed by atoms with Crippen LogP contribution in [0.2, 0.25) is 0 Å². The number of nitrogens with one attached hydrogen (secondary N) is 1. The van der Waals surface area contributed by atoms with Crippen molar-refractivity contribution in [3.8, 4) is 5.75 Å². The van der Waals surface area contributed by atoms with E-state index in [1.54, 1.807) is 0 Å². The van der Waals surface area contributed by atoms with Gasteiger partial charge in [0.1, 0.15) is 11.4 Å².